The van der Waals surface area contributed by atoms with Crippen molar-refractivity contribution in [3.63, 3.8) is 0 Å². The molecule has 0 aliphatic carbocycles. The molecular weight excluding hydrogens is 206 g/mol. The number of aromatic amines is 1. The van der Waals surface area contributed by atoms with Crippen molar-refractivity contribution in [3.05, 3.63) is 42.2 Å². The minimum Gasteiger partial charge on any atom is -0.331 e. The quantitative estimate of drug-likeness (QED) is 0.454. The third kappa shape index (κ3) is 2.01. The number of hydrogen-bond donors (Lipinski definition) is 4. The molecule has 1 aromatic heterocycles. The van der Waals surface area contributed by atoms with Crippen molar-refractivity contribution < 1.29 is 4.79 Å². The average molecular weight is 217 g/mol. The van der Waals surface area contributed by atoms with Crippen LogP contribution in [0, 0.1) is 0 Å². The normalized spacial score (nSPS) is 9.81. The van der Waals surface area contributed by atoms with Crippen LogP contribution in [0.5, 0.6) is 0 Å². The Hall–Kier alpha value is -2.34. The van der Waals surface area contributed by atoms with Gasteiger partial charge in [-0.15, -0.1) is 0 Å². The SMILES string of the molecule is NNc1ccccc1C(=O)Nc1ncc[nH]1. The summed E-state index contributed by atoms with van der Waals surface area (Å²) < 4.78 is 0. The first kappa shape index (κ1) is 10.2. The zero-order valence-corrected chi connectivity index (χ0v) is 8.40. The first-order valence-corrected chi connectivity index (χ1v) is 4.67. The predicted octanol–water partition coefficient (Wildman–Crippen LogP) is 0.948. The molecule has 2 aromatic rings. The van der Waals surface area contributed by atoms with Crippen LogP contribution in [0.3, 0.4) is 0 Å². The first-order valence-electron chi connectivity index (χ1n) is 4.67. The third-order valence-corrected chi connectivity index (χ3v) is 2.06. The number of hydrazine groups is 1. The van der Waals surface area contributed by atoms with Crippen LogP contribution in [0.1, 0.15) is 10.4 Å². The molecule has 1 amide bonds. The highest BCUT2D eigenvalue weighted by molar-refractivity contribution is 6.07. The van der Waals surface area contributed by atoms with Crippen LogP contribution >= 0.6 is 0 Å². The maximum atomic E-state index is 11.8. The Bertz CT molecular complexity index is 480. The maximum absolute atomic E-state index is 11.8. The molecule has 1 aromatic carbocycles. The van der Waals surface area contributed by atoms with Gasteiger partial charge >= 0.3 is 0 Å². The fourth-order valence-electron chi connectivity index (χ4n) is 1.32. The van der Waals surface area contributed by atoms with Crippen molar-refractivity contribution in [3.8, 4) is 0 Å². The number of anilines is 2. The number of carbonyl (C=O) groups excluding carboxylic acids is 1. The van der Waals surface area contributed by atoms with Gasteiger partial charge in [0, 0.05) is 12.4 Å². The summed E-state index contributed by atoms with van der Waals surface area (Å²) in [6.07, 6.45) is 3.19. The van der Waals surface area contributed by atoms with Crippen LogP contribution in [-0.4, -0.2) is 15.9 Å². The topological polar surface area (TPSA) is 95.8 Å². The van der Waals surface area contributed by atoms with Crippen molar-refractivity contribution in [2.75, 3.05) is 10.7 Å². The molecule has 16 heavy (non-hydrogen) atoms. The van der Waals surface area contributed by atoms with E-state index >= 15 is 0 Å². The lowest BCUT2D eigenvalue weighted by Crippen LogP contribution is -2.17. The predicted molar refractivity (Wildman–Crippen MR) is 60.8 cm³/mol. The van der Waals surface area contributed by atoms with Gasteiger partial charge in [-0.05, 0) is 12.1 Å². The number of para-hydroxylation sites is 1. The van der Waals surface area contributed by atoms with Crippen molar-refractivity contribution >= 4 is 17.5 Å². The monoisotopic (exact) mass is 217 g/mol. The average Bonchev–Trinajstić information content (AvgIpc) is 2.81. The van der Waals surface area contributed by atoms with Crippen molar-refractivity contribution in [2.45, 2.75) is 0 Å². The molecule has 1 heterocycles. The fraction of sp³-hybridized carbons (Fsp3) is 0. The Kier molecular flexibility index (Phi) is 2.84. The minimum atomic E-state index is -0.275. The minimum absolute atomic E-state index is 0.275. The molecule has 6 nitrogen and oxygen atoms in total. The number of nitrogens with zero attached hydrogens (tertiary/aromatic N) is 1. The summed E-state index contributed by atoms with van der Waals surface area (Å²) in [5.74, 6) is 5.43. The van der Waals surface area contributed by atoms with E-state index in [0.29, 0.717) is 17.2 Å². The number of nitrogens with one attached hydrogen (secondary N) is 3. The molecule has 0 spiro atoms. The second-order valence-corrected chi connectivity index (χ2v) is 3.08. The van der Waals surface area contributed by atoms with E-state index in [1.165, 1.54) is 0 Å². The number of aromatic nitrogens is 2. The number of H-pyrrole nitrogens is 1. The molecule has 0 radical (unpaired) electrons. The summed E-state index contributed by atoms with van der Waals surface area (Å²) in [7, 11) is 0. The molecular formula is C10H11N5O. The Balaban J connectivity index is 2.21. The van der Waals surface area contributed by atoms with Crippen LogP contribution < -0.4 is 16.6 Å². The van der Waals surface area contributed by atoms with E-state index in [1.54, 1.807) is 36.7 Å². The van der Waals surface area contributed by atoms with Gasteiger partial charge in [-0.3, -0.25) is 16.0 Å². The summed E-state index contributed by atoms with van der Waals surface area (Å²) >= 11 is 0. The van der Waals surface area contributed by atoms with Gasteiger partial charge in [0.15, 0.2) is 0 Å². The zero-order chi connectivity index (χ0) is 11.4. The number of imidazole rings is 1. The first-order chi connectivity index (χ1) is 7.81. The number of nitrogens with two attached hydrogens (primary N) is 1. The zero-order valence-electron chi connectivity index (χ0n) is 8.40. The van der Waals surface area contributed by atoms with Crippen molar-refractivity contribution in [1.29, 1.82) is 0 Å². The molecule has 0 aliphatic rings. The molecule has 0 aliphatic heterocycles. The van der Waals surface area contributed by atoms with Gasteiger partial charge in [-0.1, -0.05) is 12.1 Å². The summed E-state index contributed by atoms with van der Waals surface area (Å²) in [6.45, 7) is 0. The van der Waals surface area contributed by atoms with E-state index < -0.39 is 0 Å². The Morgan fingerprint density at radius 1 is 1.38 bits per heavy atom. The van der Waals surface area contributed by atoms with Gasteiger partial charge in [0.2, 0.25) is 5.95 Å². The third-order valence-electron chi connectivity index (χ3n) is 2.06. The number of hydrogen-bond acceptors (Lipinski definition) is 4. The lowest BCUT2D eigenvalue weighted by molar-refractivity contribution is 0.102. The van der Waals surface area contributed by atoms with Gasteiger partial charge in [0.1, 0.15) is 0 Å². The van der Waals surface area contributed by atoms with Crippen LogP contribution in [0.15, 0.2) is 36.7 Å². The van der Waals surface area contributed by atoms with Crippen molar-refractivity contribution in [1.82, 2.24) is 9.97 Å². The highest BCUT2D eigenvalue weighted by Gasteiger charge is 2.10. The van der Waals surface area contributed by atoms with Gasteiger partial charge in [0.05, 0.1) is 11.3 Å². The molecule has 6 heteroatoms. The Morgan fingerprint density at radius 2 is 2.19 bits per heavy atom. The molecule has 0 unspecified atom stereocenters. The summed E-state index contributed by atoms with van der Waals surface area (Å²) in [4.78, 5) is 18.5. The van der Waals surface area contributed by atoms with Gasteiger partial charge < -0.3 is 10.4 Å². The molecule has 0 saturated carbocycles. The van der Waals surface area contributed by atoms with Crippen LogP contribution in [0.2, 0.25) is 0 Å². The second-order valence-electron chi connectivity index (χ2n) is 3.08. The summed E-state index contributed by atoms with van der Waals surface area (Å²) in [6, 6.07) is 6.95. The standard InChI is InChI=1S/C10H11N5O/c11-15-8-4-2-1-3-7(8)9(16)14-10-12-5-6-13-10/h1-6,15H,11H2,(H2,12,13,14,16). The molecule has 0 fully saturated rings. The van der Waals surface area contributed by atoms with Crippen LogP contribution in [0.25, 0.3) is 0 Å². The van der Waals surface area contributed by atoms with E-state index in [9.17, 15) is 4.79 Å². The Morgan fingerprint density at radius 3 is 2.88 bits per heavy atom. The highest BCUT2D eigenvalue weighted by atomic mass is 16.1. The van der Waals surface area contributed by atoms with Crippen molar-refractivity contribution in [2.24, 2.45) is 5.84 Å². The number of rotatable bonds is 3. The van der Waals surface area contributed by atoms with Gasteiger partial charge in [-0.25, -0.2) is 4.98 Å². The van der Waals surface area contributed by atoms with E-state index in [1.807, 2.05) is 0 Å². The molecule has 5 N–H and O–H groups in total. The van der Waals surface area contributed by atoms with Crippen LogP contribution in [-0.2, 0) is 0 Å². The van der Waals surface area contributed by atoms with Gasteiger partial charge in [0.25, 0.3) is 5.91 Å². The molecule has 0 atom stereocenters. The lowest BCUT2D eigenvalue weighted by atomic mass is 10.1. The molecule has 0 saturated heterocycles. The van der Waals surface area contributed by atoms with Crippen LogP contribution in [0.4, 0.5) is 11.6 Å². The second kappa shape index (κ2) is 4.45. The maximum Gasteiger partial charge on any atom is 0.260 e. The van der Waals surface area contributed by atoms with E-state index in [0.717, 1.165) is 0 Å². The largest absolute Gasteiger partial charge is 0.331 e. The smallest absolute Gasteiger partial charge is 0.260 e. The van der Waals surface area contributed by atoms with Gasteiger partial charge in [-0.2, -0.15) is 0 Å². The Labute approximate surface area is 91.9 Å². The summed E-state index contributed by atoms with van der Waals surface area (Å²) in [5, 5.41) is 2.61. The van der Waals surface area contributed by atoms with E-state index in [-0.39, 0.29) is 5.91 Å². The number of nitrogen functional groups attached to an aromatic ring is 1. The summed E-state index contributed by atoms with van der Waals surface area (Å²) in [5.41, 5.74) is 3.49. The molecule has 2 rings (SSSR count). The number of benzene rings is 1. The number of amides is 1. The molecule has 0 bridgehead atoms. The number of carbonyl (C=O) groups is 1. The fourth-order valence-corrected chi connectivity index (χ4v) is 1.32. The lowest BCUT2D eigenvalue weighted by Gasteiger charge is -2.07. The highest BCUT2D eigenvalue weighted by Crippen LogP contribution is 2.14. The molecule has 82 valence electrons. The van der Waals surface area contributed by atoms with E-state index in [4.69, 9.17) is 5.84 Å². The van der Waals surface area contributed by atoms with E-state index in [2.05, 4.69) is 20.7 Å².